The SMILES string of the molecule is Cc1ncc(C2CCN([C@H]3CC[C@@H](C(=O)O)CC3)CC2)cn1. The third kappa shape index (κ3) is 3.46. The molecule has 22 heavy (non-hydrogen) atoms. The minimum absolute atomic E-state index is 0.113. The Kier molecular flexibility index (Phi) is 4.71. The Balaban J connectivity index is 1.50. The van der Waals surface area contributed by atoms with Gasteiger partial charge in [-0.15, -0.1) is 0 Å². The monoisotopic (exact) mass is 303 g/mol. The Bertz CT molecular complexity index is 501. The van der Waals surface area contributed by atoms with E-state index in [2.05, 4.69) is 14.9 Å². The lowest BCUT2D eigenvalue weighted by Crippen LogP contribution is -2.43. The van der Waals surface area contributed by atoms with E-state index in [-0.39, 0.29) is 5.92 Å². The van der Waals surface area contributed by atoms with Crippen molar-refractivity contribution in [3.63, 3.8) is 0 Å². The zero-order chi connectivity index (χ0) is 15.5. The van der Waals surface area contributed by atoms with Gasteiger partial charge in [-0.3, -0.25) is 4.79 Å². The van der Waals surface area contributed by atoms with Crippen LogP contribution < -0.4 is 0 Å². The predicted octanol–water partition coefficient (Wildman–Crippen LogP) is 2.61. The van der Waals surface area contributed by atoms with Crippen molar-refractivity contribution in [3.8, 4) is 0 Å². The Morgan fingerprint density at radius 1 is 1.09 bits per heavy atom. The normalized spacial score (nSPS) is 27.7. The quantitative estimate of drug-likeness (QED) is 0.929. The summed E-state index contributed by atoms with van der Waals surface area (Å²) in [5.74, 6) is 0.679. The van der Waals surface area contributed by atoms with Crippen LogP contribution in [-0.4, -0.2) is 45.1 Å². The summed E-state index contributed by atoms with van der Waals surface area (Å²) in [7, 11) is 0. The van der Waals surface area contributed by atoms with Crippen molar-refractivity contribution in [2.75, 3.05) is 13.1 Å². The summed E-state index contributed by atoms with van der Waals surface area (Å²) in [4.78, 5) is 22.2. The largest absolute Gasteiger partial charge is 0.481 e. The maximum absolute atomic E-state index is 11.0. The molecule has 1 saturated carbocycles. The zero-order valence-electron chi connectivity index (χ0n) is 13.2. The van der Waals surface area contributed by atoms with Crippen LogP contribution in [0.4, 0.5) is 0 Å². The molecule has 2 aliphatic rings. The second-order valence-electron chi connectivity index (χ2n) is 6.72. The minimum Gasteiger partial charge on any atom is -0.481 e. The molecule has 0 unspecified atom stereocenters. The highest BCUT2D eigenvalue weighted by Gasteiger charge is 2.31. The van der Waals surface area contributed by atoms with Crippen molar-refractivity contribution in [2.45, 2.75) is 57.4 Å². The molecule has 1 N–H and O–H groups in total. The van der Waals surface area contributed by atoms with Gasteiger partial charge in [0.1, 0.15) is 5.82 Å². The van der Waals surface area contributed by atoms with Crippen LogP contribution in [0.2, 0.25) is 0 Å². The van der Waals surface area contributed by atoms with E-state index < -0.39 is 5.97 Å². The van der Waals surface area contributed by atoms with Crippen LogP contribution >= 0.6 is 0 Å². The fraction of sp³-hybridized carbons (Fsp3) is 0.706. The average Bonchev–Trinajstić information content (AvgIpc) is 2.56. The smallest absolute Gasteiger partial charge is 0.306 e. The molecule has 0 amide bonds. The number of piperidine rings is 1. The van der Waals surface area contributed by atoms with Crippen molar-refractivity contribution in [2.24, 2.45) is 5.92 Å². The topological polar surface area (TPSA) is 66.3 Å². The van der Waals surface area contributed by atoms with E-state index in [1.807, 2.05) is 19.3 Å². The van der Waals surface area contributed by atoms with Crippen molar-refractivity contribution < 1.29 is 9.90 Å². The number of likely N-dealkylation sites (tertiary alicyclic amines) is 1. The van der Waals surface area contributed by atoms with Gasteiger partial charge in [0, 0.05) is 18.4 Å². The molecule has 1 aromatic rings. The van der Waals surface area contributed by atoms with Crippen LogP contribution in [0.25, 0.3) is 0 Å². The fourth-order valence-electron chi connectivity index (χ4n) is 3.90. The van der Waals surface area contributed by atoms with Crippen molar-refractivity contribution in [1.82, 2.24) is 14.9 Å². The summed E-state index contributed by atoms with van der Waals surface area (Å²) in [6.07, 6.45) is 10.0. The van der Waals surface area contributed by atoms with Crippen LogP contribution in [0.3, 0.4) is 0 Å². The summed E-state index contributed by atoms with van der Waals surface area (Å²) in [6.45, 7) is 4.14. The van der Waals surface area contributed by atoms with Crippen LogP contribution in [0.5, 0.6) is 0 Å². The number of carboxylic acids is 1. The number of hydrogen-bond acceptors (Lipinski definition) is 4. The maximum atomic E-state index is 11.0. The molecule has 2 fully saturated rings. The van der Waals surface area contributed by atoms with E-state index in [0.717, 1.165) is 57.4 Å². The molecular formula is C17H25N3O2. The van der Waals surface area contributed by atoms with Gasteiger partial charge < -0.3 is 10.0 Å². The molecule has 1 aliphatic carbocycles. The van der Waals surface area contributed by atoms with E-state index in [1.54, 1.807) is 0 Å². The molecule has 0 radical (unpaired) electrons. The second kappa shape index (κ2) is 6.73. The number of nitrogens with zero attached hydrogens (tertiary/aromatic N) is 3. The summed E-state index contributed by atoms with van der Waals surface area (Å²) in [6, 6.07) is 0.589. The number of rotatable bonds is 3. The molecule has 3 rings (SSSR count). The number of hydrogen-bond donors (Lipinski definition) is 1. The van der Waals surface area contributed by atoms with Gasteiger partial charge in [0.15, 0.2) is 0 Å². The number of aryl methyl sites for hydroxylation is 1. The van der Waals surface area contributed by atoms with Gasteiger partial charge in [0.2, 0.25) is 0 Å². The highest BCUT2D eigenvalue weighted by Crippen LogP contribution is 2.33. The molecule has 120 valence electrons. The van der Waals surface area contributed by atoms with E-state index in [4.69, 9.17) is 5.11 Å². The number of carbonyl (C=O) groups is 1. The molecule has 0 bridgehead atoms. The number of carboxylic acid groups (broad SMARTS) is 1. The molecule has 1 aliphatic heterocycles. The molecule has 1 saturated heterocycles. The van der Waals surface area contributed by atoms with E-state index in [1.165, 1.54) is 5.56 Å². The van der Waals surface area contributed by atoms with E-state index in [0.29, 0.717) is 12.0 Å². The van der Waals surface area contributed by atoms with Crippen molar-refractivity contribution in [3.05, 3.63) is 23.8 Å². The maximum Gasteiger partial charge on any atom is 0.306 e. The first-order valence-corrected chi connectivity index (χ1v) is 8.39. The number of aromatic nitrogens is 2. The van der Waals surface area contributed by atoms with Crippen molar-refractivity contribution >= 4 is 5.97 Å². The van der Waals surface area contributed by atoms with Gasteiger partial charge in [0.05, 0.1) is 5.92 Å². The standard InChI is InChI=1S/C17H25N3O2/c1-12-18-10-15(11-19-12)13-6-8-20(9-7-13)16-4-2-14(3-5-16)17(21)22/h10-11,13-14,16H,2-9H2,1H3,(H,21,22)/t14-,16+. The van der Waals surface area contributed by atoms with Crippen molar-refractivity contribution in [1.29, 1.82) is 0 Å². The average molecular weight is 303 g/mol. The highest BCUT2D eigenvalue weighted by atomic mass is 16.4. The molecule has 0 aromatic carbocycles. The van der Waals surface area contributed by atoms with Gasteiger partial charge in [-0.1, -0.05) is 0 Å². The lowest BCUT2D eigenvalue weighted by atomic mass is 9.83. The van der Waals surface area contributed by atoms with Gasteiger partial charge in [-0.25, -0.2) is 9.97 Å². The summed E-state index contributed by atoms with van der Waals surface area (Å²) < 4.78 is 0. The molecule has 5 heteroatoms. The summed E-state index contributed by atoms with van der Waals surface area (Å²) in [5, 5.41) is 9.09. The second-order valence-corrected chi connectivity index (χ2v) is 6.72. The van der Waals surface area contributed by atoms with E-state index >= 15 is 0 Å². The molecule has 2 heterocycles. The lowest BCUT2D eigenvalue weighted by Gasteiger charge is -2.40. The Labute approximate surface area is 131 Å². The third-order valence-electron chi connectivity index (χ3n) is 5.36. The van der Waals surface area contributed by atoms with Gasteiger partial charge >= 0.3 is 5.97 Å². The first-order valence-electron chi connectivity index (χ1n) is 8.39. The lowest BCUT2D eigenvalue weighted by molar-refractivity contribution is -0.143. The van der Waals surface area contributed by atoms with E-state index in [9.17, 15) is 4.79 Å². The zero-order valence-corrected chi connectivity index (χ0v) is 13.2. The van der Waals surface area contributed by atoms with Crippen LogP contribution in [0.15, 0.2) is 12.4 Å². The summed E-state index contributed by atoms with van der Waals surface area (Å²) in [5.41, 5.74) is 1.26. The third-order valence-corrected chi connectivity index (χ3v) is 5.36. The first kappa shape index (κ1) is 15.4. The van der Waals surface area contributed by atoms with Crippen LogP contribution in [-0.2, 0) is 4.79 Å². The Hall–Kier alpha value is -1.49. The minimum atomic E-state index is -0.614. The highest BCUT2D eigenvalue weighted by molar-refractivity contribution is 5.70. The molecular weight excluding hydrogens is 278 g/mol. The van der Waals surface area contributed by atoms with Gasteiger partial charge in [0.25, 0.3) is 0 Å². The number of aliphatic carboxylic acids is 1. The fourth-order valence-corrected chi connectivity index (χ4v) is 3.90. The molecule has 5 nitrogen and oxygen atoms in total. The van der Waals surface area contributed by atoms with Crippen LogP contribution in [0.1, 0.15) is 55.8 Å². The van der Waals surface area contributed by atoms with Gasteiger partial charge in [-0.05, 0) is 70.0 Å². The molecule has 1 aromatic heterocycles. The molecule has 0 spiro atoms. The summed E-state index contributed by atoms with van der Waals surface area (Å²) >= 11 is 0. The first-order chi connectivity index (χ1) is 10.6. The Morgan fingerprint density at radius 3 is 2.23 bits per heavy atom. The Morgan fingerprint density at radius 2 is 1.68 bits per heavy atom. The van der Waals surface area contributed by atoms with Gasteiger partial charge in [-0.2, -0.15) is 0 Å². The molecule has 0 atom stereocenters. The van der Waals surface area contributed by atoms with Crippen LogP contribution in [0, 0.1) is 12.8 Å². The predicted molar refractivity (Wildman–Crippen MR) is 83.7 cm³/mol.